The van der Waals surface area contributed by atoms with Crippen molar-refractivity contribution < 1.29 is 9.90 Å². The van der Waals surface area contributed by atoms with Crippen molar-refractivity contribution in [3.05, 3.63) is 33.7 Å². The molecule has 1 aliphatic rings. The van der Waals surface area contributed by atoms with Crippen LogP contribution in [0.5, 0.6) is 5.75 Å². The van der Waals surface area contributed by atoms with Gasteiger partial charge in [-0.3, -0.25) is 9.69 Å². The summed E-state index contributed by atoms with van der Waals surface area (Å²) in [5.74, 6) is 0.263. The molecule has 3 nitrogen and oxygen atoms in total. The van der Waals surface area contributed by atoms with E-state index in [1.807, 2.05) is 39.0 Å². The minimum Gasteiger partial charge on any atom is -0.507 e. The standard InChI is InChI=1S/C14H15NO2S2/c1-4-15-13(17)11(19-14(15)18)7-10-5-8(2)12(16)9(3)6-10/h5-7,16H,4H2,1-3H3/b11-7-. The van der Waals surface area contributed by atoms with Gasteiger partial charge in [0.25, 0.3) is 5.91 Å². The van der Waals surface area contributed by atoms with Gasteiger partial charge in [0.15, 0.2) is 0 Å². The van der Waals surface area contributed by atoms with Crippen LogP contribution >= 0.6 is 24.0 Å². The number of phenolic OH excluding ortho intramolecular Hbond substituents is 1. The van der Waals surface area contributed by atoms with E-state index in [0.29, 0.717) is 21.5 Å². The van der Waals surface area contributed by atoms with E-state index in [2.05, 4.69) is 0 Å². The number of rotatable bonds is 2. The summed E-state index contributed by atoms with van der Waals surface area (Å²) in [5, 5.41) is 9.74. The van der Waals surface area contributed by atoms with Crippen LogP contribution in [0.3, 0.4) is 0 Å². The maximum atomic E-state index is 12.1. The maximum absolute atomic E-state index is 12.1. The van der Waals surface area contributed by atoms with Crippen LogP contribution in [-0.2, 0) is 4.79 Å². The first-order valence-electron chi connectivity index (χ1n) is 5.99. The van der Waals surface area contributed by atoms with Crippen molar-refractivity contribution in [1.29, 1.82) is 0 Å². The third kappa shape index (κ3) is 2.67. The molecule has 1 saturated heterocycles. The molecule has 0 bridgehead atoms. The summed E-state index contributed by atoms with van der Waals surface area (Å²) in [6, 6.07) is 3.72. The Bertz CT molecular complexity index is 570. The van der Waals surface area contributed by atoms with Crippen molar-refractivity contribution in [2.24, 2.45) is 0 Å². The van der Waals surface area contributed by atoms with Crippen LogP contribution in [0.15, 0.2) is 17.0 Å². The lowest BCUT2D eigenvalue weighted by molar-refractivity contribution is -0.121. The highest BCUT2D eigenvalue weighted by molar-refractivity contribution is 8.26. The van der Waals surface area contributed by atoms with E-state index in [-0.39, 0.29) is 5.91 Å². The molecule has 1 fully saturated rings. The molecule has 1 amide bonds. The van der Waals surface area contributed by atoms with Crippen molar-refractivity contribution in [2.45, 2.75) is 20.8 Å². The van der Waals surface area contributed by atoms with E-state index in [9.17, 15) is 9.90 Å². The monoisotopic (exact) mass is 293 g/mol. The topological polar surface area (TPSA) is 40.5 Å². The quantitative estimate of drug-likeness (QED) is 0.671. The number of phenols is 1. The number of hydrogen-bond acceptors (Lipinski definition) is 4. The van der Waals surface area contributed by atoms with Crippen LogP contribution < -0.4 is 0 Å². The molecule has 2 rings (SSSR count). The van der Waals surface area contributed by atoms with Crippen molar-refractivity contribution in [3.8, 4) is 5.75 Å². The number of nitrogens with zero attached hydrogens (tertiary/aromatic N) is 1. The predicted octanol–water partition coefficient (Wildman–Crippen LogP) is 3.23. The fourth-order valence-electron chi connectivity index (χ4n) is 2.00. The summed E-state index contributed by atoms with van der Waals surface area (Å²) < 4.78 is 0.603. The van der Waals surface area contributed by atoms with Crippen LogP contribution in [0.25, 0.3) is 6.08 Å². The third-order valence-corrected chi connectivity index (χ3v) is 4.38. The number of amides is 1. The SMILES string of the molecule is CCN1C(=O)/C(=C/c2cc(C)c(O)c(C)c2)SC1=S. The molecule has 0 spiro atoms. The zero-order valence-electron chi connectivity index (χ0n) is 11.1. The molecule has 1 aromatic carbocycles. The zero-order chi connectivity index (χ0) is 14.2. The zero-order valence-corrected chi connectivity index (χ0v) is 12.7. The molecule has 0 atom stereocenters. The number of aromatic hydroxyl groups is 1. The smallest absolute Gasteiger partial charge is 0.266 e. The van der Waals surface area contributed by atoms with Gasteiger partial charge in [-0.15, -0.1) is 0 Å². The Kier molecular flexibility index (Phi) is 3.96. The van der Waals surface area contributed by atoms with Crippen LogP contribution in [0.4, 0.5) is 0 Å². The molecule has 19 heavy (non-hydrogen) atoms. The molecular weight excluding hydrogens is 278 g/mol. The molecule has 5 heteroatoms. The van der Waals surface area contributed by atoms with Crippen molar-refractivity contribution in [3.63, 3.8) is 0 Å². The van der Waals surface area contributed by atoms with Gasteiger partial charge in [0.05, 0.1) is 4.91 Å². The molecule has 0 aliphatic carbocycles. The Balaban J connectivity index is 2.38. The summed E-state index contributed by atoms with van der Waals surface area (Å²) in [6.07, 6.45) is 1.83. The number of thioether (sulfide) groups is 1. The van der Waals surface area contributed by atoms with Gasteiger partial charge >= 0.3 is 0 Å². The average Bonchev–Trinajstić information content (AvgIpc) is 2.61. The van der Waals surface area contributed by atoms with Gasteiger partial charge in [-0.05, 0) is 55.7 Å². The first-order valence-corrected chi connectivity index (χ1v) is 7.22. The third-order valence-electron chi connectivity index (χ3n) is 3.00. The predicted molar refractivity (Wildman–Crippen MR) is 83.1 cm³/mol. The normalized spacial score (nSPS) is 17.6. The Morgan fingerprint density at radius 2 is 1.95 bits per heavy atom. The molecule has 1 aliphatic heterocycles. The van der Waals surface area contributed by atoms with E-state index in [0.717, 1.165) is 16.7 Å². The fourth-order valence-corrected chi connectivity index (χ4v) is 3.38. The fraction of sp³-hybridized carbons (Fsp3) is 0.286. The van der Waals surface area contributed by atoms with Crippen LogP contribution in [0.1, 0.15) is 23.6 Å². The second-order valence-electron chi connectivity index (χ2n) is 4.43. The van der Waals surface area contributed by atoms with E-state index in [4.69, 9.17) is 12.2 Å². The Morgan fingerprint density at radius 3 is 2.42 bits per heavy atom. The summed E-state index contributed by atoms with van der Waals surface area (Å²) in [5.41, 5.74) is 2.51. The molecule has 0 aromatic heterocycles. The van der Waals surface area contributed by atoms with Crippen LogP contribution in [-0.4, -0.2) is 26.8 Å². The molecule has 1 heterocycles. The summed E-state index contributed by atoms with van der Waals surface area (Å²) in [4.78, 5) is 14.3. The molecule has 1 N–H and O–H groups in total. The summed E-state index contributed by atoms with van der Waals surface area (Å²) in [7, 11) is 0. The molecule has 0 unspecified atom stereocenters. The number of carbonyl (C=O) groups is 1. The lowest BCUT2D eigenvalue weighted by atomic mass is 10.1. The molecular formula is C14H15NO2S2. The first-order chi connectivity index (χ1) is 8.93. The Morgan fingerprint density at radius 1 is 1.37 bits per heavy atom. The van der Waals surface area contributed by atoms with Gasteiger partial charge in [-0.25, -0.2) is 0 Å². The highest BCUT2D eigenvalue weighted by atomic mass is 32.2. The number of aryl methyl sites for hydroxylation is 2. The lowest BCUT2D eigenvalue weighted by Crippen LogP contribution is -2.27. The van der Waals surface area contributed by atoms with Gasteiger partial charge in [0.1, 0.15) is 10.1 Å². The van der Waals surface area contributed by atoms with E-state index >= 15 is 0 Å². The number of hydrogen-bond donors (Lipinski definition) is 1. The summed E-state index contributed by atoms with van der Waals surface area (Å²) >= 11 is 6.49. The van der Waals surface area contributed by atoms with Gasteiger partial charge in [-0.2, -0.15) is 0 Å². The second-order valence-corrected chi connectivity index (χ2v) is 6.11. The van der Waals surface area contributed by atoms with Crippen LogP contribution in [0.2, 0.25) is 0 Å². The maximum Gasteiger partial charge on any atom is 0.266 e. The Labute approximate surface area is 122 Å². The van der Waals surface area contributed by atoms with E-state index < -0.39 is 0 Å². The molecule has 0 saturated carbocycles. The van der Waals surface area contributed by atoms with E-state index in [1.54, 1.807) is 4.90 Å². The highest BCUT2D eigenvalue weighted by Crippen LogP contribution is 2.33. The largest absolute Gasteiger partial charge is 0.507 e. The highest BCUT2D eigenvalue weighted by Gasteiger charge is 2.30. The number of benzene rings is 1. The van der Waals surface area contributed by atoms with Crippen molar-refractivity contribution >= 4 is 40.3 Å². The minimum absolute atomic E-state index is 0.0409. The van der Waals surface area contributed by atoms with Gasteiger partial charge in [0.2, 0.25) is 0 Å². The molecule has 0 radical (unpaired) electrons. The average molecular weight is 293 g/mol. The second kappa shape index (κ2) is 5.35. The first kappa shape index (κ1) is 14.1. The number of likely N-dealkylation sites (N-methyl/N-ethyl adjacent to an activating group) is 1. The minimum atomic E-state index is -0.0409. The Hall–Kier alpha value is -1.33. The van der Waals surface area contributed by atoms with Crippen molar-refractivity contribution in [1.82, 2.24) is 4.90 Å². The van der Waals surface area contributed by atoms with Gasteiger partial charge in [-0.1, -0.05) is 24.0 Å². The molecule has 1 aromatic rings. The molecule has 100 valence electrons. The number of carbonyl (C=O) groups excluding carboxylic acids is 1. The van der Waals surface area contributed by atoms with Gasteiger partial charge in [0, 0.05) is 6.54 Å². The van der Waals surface area contributed by atoms with Gasteiger partial charge < -0.3 is 5.11 Å². The van der Waals surface area contributed by atoms with Crippen LogP contribution in [0, 0.1) is 13.8 Å². The van der Waals surface area contributed by atoms with Crippen molar-refractivity contribution in [2.75, 3.05) is 6.54 Å². The lowest BCUT2D eigenvalue weighted by Gasteiger charge is -2.09. The number of thiocarbonyl (C=S) groups is 1. The summed E-state index contributed by atoms with van der Waals surface area (Å²) in [6.45, 7) is 6.19. The van der Waals surface area contributed by atoms with E-state index in [1.165, 1.54) is 11.8 Å².